The Kier molecular flexibility index (Phi) is 4.46. The van der Waals surface area contributed by atoms with Crippen LogP contribution in [0.2, 0.25) is 0 Å². The molecule has 0 radical (unpaired) electrons. The number of imidazole rings is 1. The van der Waals surface area contributed by atoms with Crippen LogP contribution in [0.5, 0.6) is 5.88 Å². The number of nitrogens with zero attached hydrogens (tertiary/aromatic N) is 2. The number of aromatic nitrogens is 2. The van der Waals surface area contributed by atoms with Crippen molar-refractivity contribution in [3.05, 3.63) is 83.6 Å². The zero-order valence-corrected chi connectivity index (χ0v) is 14.5. The summed E-state index contributed by atoms with van der Waals surface area (Å²) >= 11 is 0. The van der Waals surface area contributed by atoms with Gasteiger partial charge in [-0.1, -0.05) is 30.3 Å². The van der Waals surface area contributed by atoms with Crippen LogP contribution in [0.15, 0.2) is 61.1 Å². The fraction of sp³-hybridized carbons (Fsp3) is 0.143. The molecule has 0 fully saturated rings. The fourth-order valence-electron chi connectivity index (χ4n) is 3.39. The van der Waals surface area contributed by atoms with Gasteiger partial charge in [0.05, 0.1) is 17.9 Å². The molecule has 1 amide bonds. The van der Waals surface area contributed by atoms with Crippen molar-refractivity contribution in [3.8, 4) is 11.6 Å². The van der Waals surface area contributed by atoms with Gasteiger partial charge in [0, 0.05) is 6.08 Å². The van der Waals surface area contributed by atoms with Gasteiger partial charge in [-0.05, 0) is 47.7 Å². The number of amides is 1. The highest BCUT2D eigenvalue weighted by molar-refractivity contribution is 5.92. The van der Waals surface area contributed by atoms with Crippen LogP contribution in [0.4, 0.5) is 4.39 Å². The summed E-state index contributed by atoms with van der Waals surface area (Å²) in [4.78, 5) is 16.0. The second kappa shape index (κ2) is 7.07. The predicted molar refractivity (Wildman–Crippen MR) is 99.9 cm³/mol. The lowest BCUT2D eigenvalue weighted by Gasteiger charge is -2.12. The second-order valence-corrected chi connectivity index (χ2v) is 6.46. The highest BCUT2D eigenvalue weighted by Gasteiger charge is 2.22. The number of hydrogen-bond acceptors (Lipinski definition) is 3. The van der Waals surface area contributed by atoms with Crippen molar-refractivity contribution in [2.24, 2.45) is 0 Å². The number of carbonyl (C=O) groups is 1. The van der Waals surface area contributed by atoms with Gasteiger partial charge in [0.2, 0.25) is 11.8 Å². The molecule has 1 aliphatic carbocycles. The van der Waals surface area contributed by atoms with Crippen LogP contribution in [0, 0.1) is 5.82 Å². The van der Waals surface area contributed by atoms with Gasteiger partial charge >= 0.3 is 0 Å². The van der Waals surface area contributed by atoms with Crippen molar-refractivity contribution in [2.45, 2.75) is 18.9 Å². The molecular weight excluding hydrogens is 345 g/mol. The van der Waals surface area contributed by atoms with Crippen LogP contribution in [-0.2, 0) is 11.2 Å². The number of benzene rings is 2. The van der Waals surface area contributed by atoms with Gasteiger partial charge in [0.15, 0.2) is 0 Å². The van der Waals surface area contributed by atoms with Gasteiger partial charge in [0.25, 0.3) is 0 Å². The lowest BCUT2D eigenvalue weighted by molar-refractivity contribution is -0.117. The number of halogens is 1. The Bertz CT molecular complexity index is 1030. The van der Waals surface area contributed by atoms with Gasteiger partial charge in [-0.25, -0.2) is 9.37 Å². The molecule has 1 atom stereocenters. The molecule has 0 saturated carbocycles. The van der Waals surface area contributed by atoms with E-state index in [2.05, 4.69) is 16.4 Å². The van der Waals surface area contributed by atoms with E-state index >= 15 is 0 Å². The quantitative estimate of drug-likeness (QED) is 0.697. The predicted octanol–water partition coefficient (Wildman–Crippen LogP) is 3.53. The zero-order chi connectivity index (χ0) is 18.8. The second-order valence-electron chi connectivity index (χ2n) is 6.46. The van der Waals surface area contributed by atoms with Crippen LogP contribution in [-0.4, -0.2) is 20.6 Å². The Labute approximate surface area is 155 Å². The Morgan fingerprint density at radius 1 is 1.30 bits per heavy atom. The van der Waals surface area contributed by atoms with E-state index in [0.29, 0.717) is 5.56 Å². The van der Waals surface area contributed by atoms with E-state index in [0.717, 1.165) is 18.4 Å². The highest BCUT2D eigenvalue weighted by atomic mass is 19.1. The Morgan fingerprint density at radius 3 is 2.93 bits per heavy atom. The van der Waals surface area contributed by atoms with Crippen LogP contribution in [0.3, 0.4) is 0 Å². The number of hydrogen-bond donors (Lipinski definition) is 2. The summed E-state index contributed by atoms with van der Waals surface area (Å²) in [5, 5.41) is 12.6. The standard InChI is InChI=1S/C21H18FN3O2/c22-17-11-14(5-9-19(17)25-13-23-12-21(25)27)6-10-20(26)24-18-8-7-15-3-1-2-4-16(15)18/h1-6,9-13,18,27H,7-8H2,(H,24,26). The third-order valence-corrected chi connectivity index (χ3v) is 4.73. The normalized spacial score (nSPS) is 15.8. The Hall–Kier alpha value is -3.41. The lowest BCUT2D eigenvalue weighted by Crippen LogP contribution is -2.25. The molecule has 2 aromatic carbocycles. The van der Waals surface area contributed by atoms with E-state index in [-0.39, 0.29) is 23.5 Å². The molecule has 1 unspecified atom stereocenters. The SMILES string of the molecule is O=C(C=Cc1ccc(-n2cncc2O)c(F)c1)NC1CCc2ccccc21. The number of rotatable bonds is 4. The van der Waals surface area contributed by atoms with Gasteiger partial charge in [-0.3, -0.25) is 9.36 Å². The van der Waals surface area contributed by atoms with E-state index < -0.39 is 5.82 Å². The summed E-state index contributed by atoms with van der Waals surface area (Å²) in [5.74, 6) is -0.877. The first kappa shape index (κ1) is 17.0. The van der Waals surface area contributed by atoms with Crippen LogP contribution < -0.4 is 5.32 Å². The molecule has 2 N–H and O–H groups in total. The molecule has 0 saturated heterocycles. The van der Waals surface area contributed by atoms with Crippen molar-refractivity contribution < 1.29 is 14.3 Å². The summed E-state index contributed by atoms with van der Waals surface area (Å²) in [5.41, 5.74) is 3.17. The minimum Gasteiger partial charge on any atom is -0.493 e. The summed E-state index contributed by atoms with van der Waals surface area (Å²) in [7, 11) is 0. The van der Waals surface area contributed by atoms with Crippen molar-refractivity contribution in [2.75, 3.05) is 0 Å². The van der Waals surface area contributed by atoms with Crippen molar-refractivity contribution in [3.63, 3.8) is 0 Å². The van der Waals surface area contributed by atoms with Gasteiger partial charge < -0.3 is 10.4 Å². The topological polar surface area (TPSA) is 67.2 Å². The minimum atomic E-state index is -0.518. The average molecular weight is 363 g/mol. The molecule has 27 heavy (non-hydrogen) atoms. The van der Waals surface area contributed by atoms with Crippen LogP contribution in [0.1, 0.15) is 29.2 Å². The summed E-state index contributed by atoms with van der Waals surface area (Å²) in [6, 6.07) is 12.6. The van der Waals surface area contributed by atoms with E-state index in [1.165, 1.54) is 40.9 Å². The number of carbonyl (C=O) groups excluding carboxylic acids is 1. The average Bonchev–Trinajstić information content (AvgIpc) is 3.27. The highest BCUT2D eigenvalue weighted by Crippen LogP contribution is 2.30. The number of aromatic hydroxyl groups is 1. The molecule has 0 spiro atoms. The molecule has 1 heterocycles. The maximum atomic E-state index is 14.3. The minimum absolute atomic E-state index is 0.0154. The van der Waals surface area contributed by atoms with Crippen LogP contribution in [0.25, 0.3) is 11.8 Å². The van der Waals surface area contributed by atoms with Gasteiger partial charge in [0.1, 0.15) is 12.1 Å². The number of nitrogens with one attached hydrogen (secondary N) is 1. The maximum Gasteiger partial charge on any atom is 0.244 e. The molecule has 5 nitrogen and oxygen atoms in total. The smallest absolute Gasteiger partial charge is 0.244 e. The first-order valence-corrected chi connectivity index (χ1v) is 8.69. The Morgan fingerprint density at radius 2 is 2.15 bits per heavy atom. The number of fused-ring (bicyclic) bond motifs is 1. The molecule has 3 aromatic rings. The summed E-state index contributed by atoms with van der Waals surface area (Å²) in [6.45, 7) is 0. The van der Waals surface area contributed by atoms with E-state index in [1.807, 2.05) is 18.2 Å². The van der Waals surface area contributed by atoms with E-state index in [9.17, 15) is 14.3 Å². The fourth-order valence-corrected chi connectivity index (χ4v) is 3.39. The summed E-state index contributed by atoms with van der Waals surface area (Å²) < 4.78 is 15.6. The van der Waals surface area contributed by atoms with Gasteiger partial charge in [-0.2, -0.15) is 0 Å². The third-order valence-electron chi connectivity index (χ3n) is 4.73. The molecule has 0 aliphatic heterocycles. The molecule has 136 valence electrons. The molecule has 0 bridgehead atoms. The first-order chi connectivity index (χ1) is 13.1. The number of aryl methyl sites for hydroxylation is 1. The van der Waals surface area contributed by atoms with Crippen molar-refractivity contribution in [1.29, 1.82) is 0 Å². The van der Waals surface area contributed by atoms with Gasteiger partial charge in [-0.15, -0.1) is 0 Å². The first-order valence-electron chi connectivity index (χ1n) is 8.69. The zero-order valence-electron chi connectivity index (χ0n) is 14.5. The Balaban J connectivity index is 1.45. The van der Waals surface area contributed by atoms with Crippen molar-refractivity contribution in [1.82, 2.24) is 14.9 Å². The van der Waals surface area contributed by atoms with E-state index in [4.69, 9.17) is 0 Å². The van der Waals surface area contributed by atoms with E-state index in [1.54, 1.807) is 12.1 Å². The maximum absolute atomic E-state index is 14.3. The molecule has 4 rings (SSSR count). The molecule has 1 aromatic heterocycles. The third kappa shape index (κ3) is 3.46. The van der Waals surface area contributed by atoms with Crippen molar-refractivity contribution >= 4 is 12.0 Å². The summed E-state index contributed by atoms with van der Waals surface area (Å²) in [6.07, 6.45) is 7.38. The monoisotopic (exact) mass is 363 g/mol. The largest absolute Gasteiger partial charge is 0.493 e. The molecular formula is C21H18FN3O2. The molecule has 1 aliphatic rings. The lowest BCUT2D eigenvalue weighted by atomic mass is 10.1. The molecule has 6 heteroatoms. The van der Waals surface area contributed by atoms with Crippen LogP contribution >= 0.6 is 0 Å².